The van der Waals surface area contributed by atoms with Gasteiger partial charge in [-0.05, 0) is 26.0 Å². The molecule has 7 heteroatoms. The molecule has 2 aromatic heterocycles. The molecule has 2 N–H and O–H groups in total. The quantitative estimate of drug-likeness (QED) is 0.445. The summed E-state index contributed by atoms with van der Waals surface area (Å²) in [6, 6.07) is 3.87. The van der Waals surface area contributed by atoms with Crippen molar-refractivity contribution in [1.82, 2.24) is 20.4 Å². The molecule has 6 nitrogen and oxygen atoms in total. The number of nitrogens with one attached hydrogen (secondary N) is 2. The Morgan fingerprint density at radius 3 is 2.68 bits per heavy atom. The predicted molar refractivity (Wildman–Crippen MR) is 98.7 cm³/mol. The number of rotatable bonds is 5. The molecule has 0 radical (unpaired) electrons. The molecule has 122 valence electrons. The van der Waals surface area contributed by atoms with Gasteiger partial charge in [0.2, 0.25) is 0 Å². The van der Waals surface area contributed by atoms with Crippen LogP contribution in [-0.2, 0) is 20.0 Å². The first kappa shape index (κ1) is 18.5. The van der Waals surface area contributed by atoms with E-state index in [2.05, 4.69) is 27.6 Å². The van der Waals surface area contributed by atoms with Gasteiger partial charge in [0, 0.05) is 44.9 Å². The molecular formula is C15H24IN5O. The molecule has 0 aliphatic rings. The third kappa shape index (κ3) is 4.75. The standard InChI is InChI=1S/C15H23N5O.HI/c1-11-14(12(2)20(4)19-11)10-18-15(16-3)17-8-7-13-6-5-9-21-13;/h5-6,9H,7-8,10H2,1-4H3,(H2,16,17,18);1H. The van der Waals surface area contributed by atoms with Gasteiger partial charge < -0.3 is 15.1 Å². The van der Waals surface area contributed by atoms with Crippen molar-refractivity contribution in [3.05, 3.63) is 41.1 Å². The number of nitrogens with zero attached hydrogens (tertiary/aromatic N) is 3. The van der Waals surface area contributed by atoms with E-state index < -0.39 is 0 Å². The Bertz CT molecular complexity index is 604. The number of aliphatic imine (C=N–C) groups is 1. The molecular weight excluding hydrogens is 393 g/mol. The van der Waals surface area contributed by atoms with Gasteiger partial charge in [-0.25, -0.2) is 0 Å². The normalized spacial score (nSPS) is 11.2. The van der Waals surface area contributed by atoms with Gasteiger partial charge in [0.1, 0.15) is 5.76 Å². The number of hydrogen-bond acceptors (Lipinski definition) is 3. The smallest absolute Gasteiger partial charge is 0.191 e. The van der Waals surface area contributed by atoms with Crippen LogP contribution in [0.4, 0.5) is 0 Å². The van der Waals surface area contributed by atoms with Crippen LogP contribution in [0.3, 0.4) is 0 Å². The van der Waals surface area contributed by atoms with E-state index in [-0.39, 0.29) is 24.0 Å². The average molecular weight is 417 g/mol. The third-order valence-corrected chi connectivity index (χ3v) is 3.56. The zero-order valence-corrected chi connectivity index (χ0v) is 15.8. The van der Waals surface area contributed by atoms with Crippen LogP contribution in [0.5, 0.6) is 0 Å². The van der Waals surface area contributed by atoms with E-state index >= 15 is 0 Å². The van der Waals surface area contributed by atoms with Gasteiger partial charge in [0.25, 0.3) is 0 Å². The van der Waals surface area contributed by atoms with Crippen LogP contribution in [0, 0.1) is 13.8 Å². The van der Waals surface area contributed by atoms with Crippen LogP contribution in [0.15, 0.2) is 27.8 Å². The highest BCUT2D eigenvalue weighted by Gasteiger charge is 2.09. The molecule has 2 rings (SSSR count). The fourth-order valence-electron chi connectivity index (χ4n) is 2.22. The number of halogens is 1. The van der Waals surface area contributed by atoms with E-state index in [4.69, 9.17) is 4.42 Å². The van der Waals surface area contributed by atoms with Crippen LogP contribution >= 0.6 is 24.0 Å². The summed E-state index contributed by atoms with van der Waals surface area (Å²) in [4.78, 5) is 4.22. The van der Waals surface area contributed by atoms with Gasteiger partial charge in [-0.1, -0.05) is 0 Å². The number of aryl methyl sites for hydroxylation is 2. The maximum Gasteiger partial charge on any atom is 0.191 e. The Kier molecular flexibility index (Phi) is 7.43. The molecule has 0 saturated carbocycles. The van der Waals surface area contributed by atoms with Gasteiger partial charge >= 0.3 is 0 Å². The van der Waals surface area contributed by atoms with E-state index in [1.165, 1.54) is 11.3 Å². The molecule has 0 atom stereocenters. The highest BCUT2D eigenvalue weighted by molar-refractivity contribution is 14.0. The van der Waals surface area contributed by atoms with Crippen LogP contribution < -0.4 is 10.6 Å². The Labute approximate surface area is 148 Å². The summed E-state index contributed by atoms with van der Waals surface area (Å²) in [5.74, 6) is 1.75. The van der Waals surface area contributed by atoms with Gasteiger partial charge in [-0.15, -0.1) is 24.0 Å². The third-order valence-electron chi connectivity index (χ3n) is 3.56. The molecule has 2 heterocycles. The number of guanidine groups is 1. The Morgan fingerprint density at radius 2 is 2.14 bits per heavy atom. The number of furan rings is 1. The fraction of sp³-hybridized carbons (Fsp3) is 0.467. The van der Waals surface area contributed by atoms with Gasteiger partial charge in [-0.3, -0.25) is 9.67 Å². The summed E-state index contributed by atoms with van der Waals surface area (Å²) in [5.41, 5.74) is 3.44. The van der Waals surface area contributed by atoms with E-state index in [0.29, 0.717) is 6.54 Å². The molecule has 0 fully saturated rings. The van der Waals surface area contributed by atoms with Crippen molar-refractivity contribution in [2.24, 2.45) is 12.0 Å². The Balaban J connectivity index is 0.00000242. The SMILES string of the molecule is CN=C(NCCc1ccco1)NCc1c(C)nn(C)c1C.I. The van der Waals surface area contributed by atoms with Gasteiger partial charge in [-0.2, -0.15) is 5.10 Å². The first-order valence-corrected chi connectivity index (χ1v) is 7.07. The average Bonchev–Trinajstić information content (AvgIpc) is 3.05. The van der Waals surface area contributed by atoms with E-state index in [1.807, 2.05) is 30.8 Å². The first-order valence-electron chi connectivity index (χ1n) is 7.07. The molecule has 0 aromatic carbocycles. The molecule has 22 heavy (non-hydrogen) atoms. The van der Waals surface area contributed by atoms with Crippen molar-refractivity contribution in [3.63, 3.8) is 0 Å². The second kappa shape index (κ2) is 8.82. The highest BCUT2D eigenvalue weighted by Crippen LogP contribution is 2.10. The largest absolute Gasteiger partial charge is 0.469 e. The molecule has 0 spiro atoms. The molecule has 0 unspecified atom stereocenters. The Hall–Kier alpha value is -1.51. The molecule has 2 aromatic rings. The summed E-state index contributed by atoms with van der Waals surface area (Å²) >= 11 is 0. The van der Waals surface area contributed by atoms with Gasteiger partial charge in [0.05, 0.1) is 12.0 Å². The lowest BCUT2D eigenvalue weighted by atomic mass is 10.2. The monoisotopic (exact) mass is 417 g/mol. The maximum atomic E-state index is 5.30. The van der Waals surface area contributed by atoms with Crippen LogP contribution in [0.25, 0.3) is 0 Å². The highest BCUT2D eigenvalue weighted by atomic mass is 127. The maximum absolute atomic E-state index is 5.30. The summed E-state index contributed by atoms with van der Waals surface area (Å²) in [6.07, 6.45) is 2.52. The molecule has 0 saturated heterocycles. The van der Waals surface area contributed by atoms with Gasteiger partial charge in [0.15, 0.2) is 5.96 Å². The van der Waals surface area contributed by atoms with E-state index in [0.717, 1.165) is 30.4 Å². The molecule has 0 aliphatic carbocycles. The van der Waals surface area contributed by atoms with Crippen molar-refractivity contribution in [3.8, 4) is 0 Å². The summed E-state index contributed by atoms with van der Waals surface area (Å²) < 4.78 is 7.20. The van der Waals surface area contributed by atoms with Crippen molar-refractivity contribution in [1.29, 1.82) is 0 Å². The van der Waals surface area contributed by atoms with Crippen LogP contribution in [0.1, 0.15) is 22.7 Å². The zero-order valence-electron chi connectivity index (χ0n) is 13.5. The minimum absolute atomic E-state index is 0. The molecule has 0 amide bonds. The number of aromatic nitrogens is 2. The first-order chi connectivity index (χ1) is 10.1. The zero-order chi connectivity index (χ0) is 15.2. The van der Waals surface area contributed by atoms with Crippen molar-refractivity contribution >= 4 is 29.9 Å². The second-order valence-electron chi connectivity index (χ2n) is 4.95. The lowest BCUT2D eigenvalue weighted by Crippen LogP contribution is -2.38. The lowest BCUT2D eigenvalue weighted by molar-refractivity contribution is 0.507. The van der Waals surface area contributed by atoms with E-state index in [9.17, 15) is 0 Å². The lowest BCUT2D eigenvalue weighted by Gasteiger charge is -2.11. The predicted octanol–water partition coefficient (Wildman–Crippen LogP) is 2.16. The summed E-state index contributed by atoms with van der Waals surface area (Å²) in [5, 5.41) is 11.0. The van der Waals surface area contributed by atoms with Crippen LogP contribution in [0.2, 0.25) is 0 Å². The fourth-order valence-corrected chi connectivity index (χ4v) is 2.22. The van der Waals surface area contributed by atoms with Crippen molar-refractivity contribution in [2.45, 2.75) is 26.8 Å². The molecule has 0 bridgehead atoms. The minimum Gasteiger partial charge on any atom is -0.469 e. The molecule has 0 aliphatic heterocycles. The Morgan fingerprint density at radius 1 is 1.36 bits per heavy atom. The summed E-state index contributed by atoms with van der Waals surface area (Å²) in [7, 11) is 3.73. The minimum atomic E-state index is 0. The van der Waals surface area contributed by atoms with Crippen molar-refractivity contribution < 1.29 is 4.42 Å². The summed E-state index contributed by atoms with van der Waals surface area (Å²) in [6.45, 7) is 5.59. The second-order valence-corrected chi connectivity index (χ2v) is 4.95. The van der Waals surface area contributed by atoms with Crippen LogP contribution in [-0.4, -0.2) is 29.3 Å². The van der Waals surface area contributed by atoms with Crippen molar-refractivity contribution in [2.75, 3.05) is 13.6 Å². The topological polar surface area (TPSA) is 67.4 Å². The van der Waals surface area contributed by atoms with E-state index in [1.54, 1.807) is 13.3 Å². The number of hydrogen-bond donors (Lipinski definition) is 2.